The van der Waals surface area contributed by atoms with E-state index in [1.807, 2.05) is 0 Å². The molecule has 1 fully saturated rings. The fourth-order valence-corrected chi connectivity index (χ4v) is 3.27. The maximum Gasteiger partial charge on any atom is 0.0307 e. The molecule has 86 valence electrons. The van der Waals surface area contributed by atoms with Gasteiger partial charge in [-0.05, 0) is 44.6 Å². The first-order chi connectivity index (χ1) is 7.42. The van der Waals surface area contributed by atoms with E-state index in [4.69, 9.17) is 0 Å². The van der Waals surface area contributed by atoms with Gasteiger partial charge in [-0.3, -0.25) is 0 Å². The van der Waals surface area contributed by atoms with Crippen molar-refractivity contribution in [2.45, 2.75) is 64.3 Å². The molecule has 0 aromatic rings. The first-order valence-electron chi connectivity index (χ1n) is 6.84. The average molecular weight is 207 g/mol. The van der Waals surface area contributed by atoms with Crippen LogP contribution in [-0.2, 0) is 0 Å². The lowest BCUT2D eigenvalue weighted by atomic mass is 9.80. The molecule has 15 heavy (non-hydrogen) atoms. The van der Waals surface area contributed by atoms with Crippen LogP contribution in [0.25, 0.3) is 0 Å². The molecule has 0 aromatic heterocycles. The molecule has 0 bridgehead atoms. The van der Waals surface area contributed by atoms with Crippen LogP contribution in [0.3, 0.4) is 0 Å². The fraction of sp³-hybridized carbons (Fsp3) is 0.857. The molecular formula is C14H25N. The quantitative estimate of drug-likeness (QED) is 0.694. The normalized spacial score (nSPS) is 25.3. The van der Waals surface area contributed by atoms with Gasteiger partial charge >= 0.3 is 0 Å². The zero-order valence-electron chi connectivity index (χ0n) is 10.1. The lowest BCUT2D eigenvalue weighted by molar-refractivity contribution is 0.293. The number of hydrogen-bond acceptors (Lipinski definition) is 1. The van der Waals surface area contributed by atoms with Gasteiger partial charge in [0.05, 0.1) is 0 Å². The van der Waals surface area contributed by atoms with Gasteiger partial charge in [-0.15, -0.1) is 0 Å². The van der Waals surface area contributed by atoms with Crippen molar-refractivity contribution in [2.75, 3.05) is 6.54 Å². The van der Waals surface area contributed by atoms with Gasteiger partial charge in [-0.2, -0.15) is 0 Å². The molecular weight excluding hydrogens is 182 g/mol. The Labute approximate surface area is 94.3 Å². The van der Waals surface area contributed by atoms with E-state index in [1.54, 1.807) is 5.57 Å². The summed E-state index contributed by atoms with van der Waals surface area (Å²) in [6.45, 7) is 3.36. The van der Waals surface area contributed by atoms with Gasteiger partial charge in [-0.25, -0.2) is 0 Å². The lowest BCUT2D eigenvalue weighted by Crippen LogP contribution is -2.38. The average Bonchev–Trinajstić information content (AvgIpc) is 2.80. The predicted octanol–water partition coefficient (Wildman–Crippen LogP) is 3.66. The Bertz CT molecular complexity index is 213. The minimum atomic E-state index is 0.720. The van der Waals surface area contributed by atoms with Gasteiger partial charge in [0, 0.05) is 6.04 Å². The SMILES string of the molecule is CCNC(C1=CCCC1)C1CCCCC1. The number of rotatable bonds is 4. The summed E-state index contributed by atoms with van der Waals surface area (Å²) in [6.07, 6.45) is 13.9. The fourth-order valence-electron chi connectivity index (χ4n) is 3.27. The molecule has 0 aromatic carbocycles. The molecule has 0 radical (unpaired) electrons. The van der Waals surface area contributed by atoms with Crippen molar-refractivity contribution < 1.29 is 0 Å². The van der Waals surface area contributed by atoms with Crippen molar-refractivity contribution in [3.05, 3.63) is 11.6 Å². The topological polar surface area (TPSA) is 12.0 Å². The summed E-state index contributed by atoms with van der Waals surface area (Å²) < 4.78 is 0. The van der Waals surface area contributed by atoms with Crippen molar-refractivity contribution in [2.24, 2.45) is 5.92 Å². The largest absolute Gasteiger partial charge is 0.310 e. The second-order valence-electron chi connectivity index (χ2n) is 5.10. The summed E-state index contributed by atoms with van der Waals surface area (Å²) in [5, 5.41) is 3.73. The molecule has 0 heterocycles. The molecule has 0 spiro atoms. The first kappa shape index (κ1) is 11.2. The van der Waals surface area contributed by atoms with Gasteiger partial charge in [-0.1, -0.05) is 37.8 Å². The predicted molar refractivity (Wildman–Crippen MR) is 66.0 cm³/mol. The Morgan fingerprint density at radius 3 is 2.67 bits per heavy atom. The zero-order valence-corrected chi connectivity index (χ0v) is 10.1. The van der Waals surface area contributed by atoms with E-state index in [1.165, 1.54) is 51.4 Å². The molecule has 0 saturated heterocycles. The Hall–Kier alpha value is -0.300. The van der Waals surface area contributed by atoms with E-state index in [9.17, 15) is 0 Å². The van der Waals surface area contributed by atoms with Crippen LogP contribution in [0.5, 0.6) is 0 Å². The van der Waals surface area contributed by atoms with Crippen LogP contribution in [0.4, 0.5) is 0 Å². The number of hydrogen-bond donors (Lipinski definition) is 1. The molecule has 1 heteroatoms. The van der Waals surface area contributed by atoms with Crippen molar-refractivity contribution in [3.63, 3.8) is 0 Å². The first-order valence-corrected chi connectivity index (χ1v) is 6.84. The Morgan fingerprint density at radius 1 is 1.27 bits per heavy atom. The molecule has 1 saturated carbocycles. The van der Waals surface area contributed by atoms with E-state index >= 15 is 0 Å². The summed E-state index contributed by atoms with van der Waals surface area (Å²) in [5.41, 5.74) is 1.73. The second kappa shape index (κ2) is 5.69. The Morgan fingerprint density at radius 2 is 2.07 bits per heavy atom. The van der Waals surface area contributed by atoms with Gasteiger partial charge in [0.25, 0.3) is 0 Å². The van der Waals surface area contributed by atoms with Crippen LogP contribution >= 0.6 is 0 Å². The number of nitrogens with one attached hydrogen (secondary N) is 1. The molecule has 2 aliphatic rings. The zero-order chi connectivity index (χ0) is 10.5. The molecule has 1 N–H and O–H groups in total. The summed E-state index contributed by atoms with van der Waals surface area (Å²) in [5.74, 6) is 0.933. The van der Waals surface area contributed by atoms with Crippen LogP contribution in [0.1, 0.15) is 58.3 Å². The van der Waals surface area contributed by atoms with Crippen LogP contribution in [0.15, 0.2) is 11.6 Å². The van der Waals surface area contributed by atoms with Crippen molar-refractivity contribution in [1.29, 1.82) is 0 Å². The minimum Gasteiger partial charge on any atom is -0.310 e. The molecule has 2 aliphatic carbocycles. The van der Waals surface area contributed by atoms with Crippen LogP contribution < -0.4 is 5.32 Å². The van der Waals surface area contributed by atoms with E-state index in [0.717, 1.165) is 18.5 Å². The summed E-state index contributed by atoms with van der Waals surface area (Å²) in [4.78, 5) is 0. The van der Waals surface area contributed by atoms with E-state index in [0.29, 0.717) is 0 Å². The maximum atomic E-state index is 3.73. The van der Waals surface area contributed by atoms with Crippen LogP contribution in [0, 0.1) is 5.92 Å². The third kappa shape index (κ3) is 2.84. The van der Waals surface area contributed by atoms with Gasteiger partial charge < -0.3 is 5.32 Å². The summed E-state index contributed by atoms with van der Waals surface area (Å²) in [7, 11) is 0. The molecule has 0 aliphatic heterocycles. The number of allylic oxidation sites excluding steroid dienone is 1. The highest BCUT2D eigenvalue weighted by Crippen LogP contribution is 2.33. The minimum absolute atomic E-state index is 0.720. The standard InChI is InChI=1S/C14H25N/c1-2-15-14(13-10-6-7-11-13)12-8-4-3-5-9-12/h10,12,14-15H,2-9,11H2,1H3. The number of likely N-dealkylation sites (N-methyl/N-ethyl adjacent to an activating group) is 1. The maximum absolute atomic E-state index is 3.73. The molecule has 1 nitrogen and oxygen atoms in total. The van der Waals surface area contributed by atoms with Crippen LogP contribution in [-0.4, -0.2) is 12.6 Å². The summed E-state index contributed by atoms with van der Waals surface area (Å²) in [6, 6.07) is 0.720. The smallest absolute Gasteiger partial charge is 0.0307 e. The Kier molecular flexibility index (Phi) is 4.25. The Balaban J connectivity index is 1.97. The van der Waals surface area contributed by atoms with E-state index < -0.39 is 0 Å². The highest BCUT2D eigenvalue weighted by atomic mass is 14.9. The summed E-state index contributed by atoms with van der Waals surface area (Å²) >= 11 is 0. The van der Waals surface area contributed by atoms with Gasteiger partial charge in [0.1, 0.15) is 0 Å². The molecule has 1 atom stereocenters. The highest BCUT2D eigenvalue weighted by Gasteiger charge is 2.26. The van der Waals surface area contributed by atoms with Crippen molar-refractivity contribution in [3.8, 4) is 0 Å². The van der Waals surface area contributed by atoms with Crippen molar-refractivity contribution >= 4 is 0 Å². The van der Waals surface area contributed by atoms with E-state index in [2.05, 4.69) is 18.3 Å². The monoisotopic (exact) mass is 207 g/mol. The lowest BCUT2D eigenvalue weighted by Gasteiger charge is -2.32. The second-order valence-corrected chi connectivity index (χ2v) is 5.10. The van der Waals surface area contributed by atoms with Crippen molar-refractivity contribution in [1.82, 2.24) is 5.32 Å². The third-order valence-corrected chi connectivity index (χ3v) is 4.02. The molecule has 2 rings (SSSR count). The van der Waals surface area contributed by atoms with Gasteiger partial charge in [0.15, 0.2) is 0 Å². The highest BCUT2D eigenvalue weighted by molar-refractivity contribution is 5.16. The third-order valence-electron chi connectivity index (χ3n) is 4.02. The van der Waals surface area contributed by atoms with E-state index in [-0.39, 0.29) is 0 Å². The van der Waals surface area contributed by atoms with Crippen LogP contribution in [0.2, 0.25) is 0 Å². The molecule has 0 amide bonds. The molecule has 1 unspecified atom stereocenters. The van der Waals surface area contributed by atoms with Gasteiger partial charge in [0.2, 0.25) is 0 Å².